The number of halogens is 1. The molecule has 1 aliphatic rings. The van der Waals surface area contributed by atoms with E-state index in [9.17, 15) is 9.59 Å². The molecule has 0 bridgehead atoms. The zero-order valence-electron chi connectivity index (χ0n) is 20.2. The minimum Gasteiger partial charge on any atom is -0.489 e. The molecule has 1 aromatic heterocycles. The Balaban J connectivity index is 1.56. The van der Waals surface area contributed by atoms with Gasteiger partial charge in [0, 0.05) is 5.02 Å². The SMILES string of the molecule is COC(=O)C1=C(C)N=c2s/c(=C\c3cccc(OCc4ccccc4)c3)c(=O)n2[C@@H]1c1ccc(Cl)cc1. The van der Waals surface area contributed by atoms with Gasteiger partial charge in [-0.05, 0) is 54.0 Å². The molecule has 0 unspecified atom stereocenters. The molecular formula is C29H23ClN2O4S. The Kier molecular flexibility index (Phi) is 7.08. The number of hydrogen-bond acceptors (Lipinski definition) is 6. The Morgan fingerprint density at radius 3 is 2.57 bits per heavy atom. The second kappa shape index (κ2) is 10.6. The van der Waals surface area contributed by atoms with E-state index in [-0.39, 0.29) is 5.56 Å². The standard InChI is InChI=1S/C29H23ClN2O4S/c1-18-25(28(34)35-2)26(21-11-13-22(30)14-12-21)32-27(33)24(37-29(32)31-18)16-20-9-6-10-23(15-20)36-17-19-7-4-3-5-8-19/h3-16,26H,17H2,1-2H3/b24-16-/t26-/m1/s1. The monoisotopic (exact) mass is 530 g/mol. The molecule has 0 aliphatic carbocycles. The lowest BCUT2D eigenvalue weighted by Gasteiger charge is -2.24. The summed E-state index contributed by atoms with van der Waals surface area (Å²) in [5, 5.41) is 0.561. The van der Waals surface area contributed by atoms with Crippen molar-refractivity contribution in [3.63, 3.8) is 0 Å². The van der Waals surface area contributed by atoms with Gasteiger partial charge >= 0.3 is 5.97 Å². The number of esters is 1. The Bertz CT molecular complexity index is 1670. The molecule has 2 heterocycles. The lowest BCUT2D eigenvalue weighted by molar-refractivity contribution is -0.136. The van der Waals surface area contributed by atoms with Crippen LogP contribution in [0.15, 0.2) is 99.9 Å². The molecule has 0 saturated heterocycles. The summed E-state index contributed by atoms with van der Waals surface area (Å²) >= 11 is 7.37. The van der Waals surface area contributed by atoms with Crippen LogP contribution in [0.2, 0.25) is 5.02 Å². The first-order valence-electron chi connectivity index (χ1n) is 11.6. The van der Waals surface area contributed by atoms with Gasteiger partial charge in [-0.25, -0.2) is 9.79 Å². The maximum absolute atomic E-state index is 13.7. The van der Waals surface area contributed by atoms with Crippen molar-refractivity contribution in [3.05, 3.63) is 132 Å². The fourth-order valence-electron chi connectivity index (χ4n) is 4.24. The fourth-order valence-corrected chi connectivity index (χ4v) is 5.41. The van der Waals surface area contributed by atoms with Crippen LogP contribution < -0.4 is 19.6 Å². The highest BCUT2D eigenvalue weighted by atomic mass is 35.5. The smallest absolute Gasteiger partial charge is 0.338 e. The number of hydrogen-bond donors (Lipinski definition) is 0. The summed E-state index contributed by atoms with van der Waals surface area (Å²) in [7, 11) is 1.32. The molecule has 6 nitrogen and oxygen atoms in total. The number of aromatic nitrogens is 1. The van der Waals surface area contributed by atoms with Crippen molar-refractivity contribution in [2.45, 2.75) is 19.6 Å². The minimum atomic E-state index is -0.677. The van der Waals surface area contributed by atoms with Gasteiger partial charge in [-0.15, -0.1) is 0 Å². The first-order valence-corrected chi connectivity index (χ1v) is 12.8. The minimum absolute atomic E-state index is 0.242. The van der Waals surface area contributed by atoms with Crippen molar-refractivity contribution >= 4 is 35.0 Å². The van der Waals surface area contributed by atoms with Crippen LogP contribution in [0.25, 0.3) is 6.08 Å². The van der Waals surface area contributed by atoms with Crippen LogP contribution in [-0.2, 0) is 16.1 Å². The van der Waals surface area contributed by atoms with Gasteiger partial charge in [0.1, 0.15) is 12.4 Å². The third kappa shape index (κ3) is 5.14. The van der Waals surface area contributed by atoms with Gasteiger partial charge in [0.25, 0.3) is 5.56 Å². The molecule has 37 heavy (non-hydrogen) atoms. The molecule has 186 valence electrons. The van der Waals surface area contributed by atoms with Gasteiger partial charge in [-0.1, -0.05) is 77.5 Å². The van der Waals surface area contributed by atoms with Crippen molar-refractivity contribution in [1.82, 2.24) is 4.57 Å². The highest BCUT2D eigenvalue weighted by molar-refractivity contribution is 7.07. The molecule has 0 amide bonds. The average molecular weight is 531 g/mol. The van der Waals surface area contributed by atoms with E-state index in [1.807, 2.05) is 60.7 Å². The van der Waals surface area contributed by atoms with Crippen LogP contribution in [0.5, 0.6) is 5.75 Å². The maximum Gasteiger partial charge on any atom is 0.338 e. The molecule has 0 fully saturated rings. The molecule has 5 rings (SSSR count). The molecule has 0 N–H and O–H groups in total. The molecule has 0 saturated carbocycles. The first kappa shape index (κ1) is 24.7. The highest BCUT2D eigenvalue weighted by Gasteiger charge is 2.33. The quantitative estimate of drug-likeness (QED) is 0.341. The van der Waals surface area contributed by atoms with Gasteiger partial charge in [0.05, 0.1) is 29.0 Å². The fraction of sp³-hybridized carbons (Fsp3) is 0.138. The van der Waals surface area contributed by atoms with Crippen molar-refractivity contribution < 1.29 is 14.3 Å². The summed E-state index contributed by atoms with van der Waals surface area (Å²) in [6.45, 7) is 2.20. The van der Waals surface area contributed by atoms with Crippen molar-refractivity contribution in [3.8, 4) is 5.75 Å². The zero-order chi connectivity index (χ0) is 25.9. The van der Waals surface area contributed by atoms with Crippen LogP contribution in [0.3, 0.4) is 0 Å². The highest BCUT2D eigenvalue weighted by Crippen LogP contribution is 2.31. The first-order chi connectivity index (χ1) is 17.9. The zero-order valence-corrected chi connectivity index (χ0v) is 21.8. The molecule has 4 aromatic rings. The molecule has 1 atom stereocenters. The number of methoxy groups -OCH3 is 1. The molecule has 0 radical (unpaired) electrons. The van der Waals surface area contributed by atoms with Crippen LogP contribution in [0.1, 0.15) is 29.7 Å². The third-order valence-electron chi connectivity index (χ3n) is 6.02. The van der Waals surface area contributed by atoms with Gasteiger partial charge in [-0.2, -0.15) is 0 Å². The Morgan fingerprint density at radius 2 is 1.84 bits per heavy atom. The summed E-state index contributed by atoms with van der Waals surface area (Å²) in [6, 6.07) is 23.9. The van der Waals surface area contributed by atoms with E-state index in [0.29, 0.717) is 38.0 Å². The van der Waals surface area contributed by atoms with E-state index < -0.39 is 12.0 Å². The molecule has 0 spiro atoms. The largest absolute Gasteiger partial charge is 0.489 e. The van der Waals surface area contributed by atoms with E-state index in [4.69, 9.17) is 21.1 Å². The summed E-state index contributed by atoms with van der Waals surface area (Å²) in [5.41, 5.74) is 3.22. The van der Waals surface area contributed by atoms with Crippen LogP contribution in [0, 0.1) is 0 Å². The second-order valence-corrected chi connectivity index (χ2v) is 9.92. The van der Waals surface area contributed by atoms with Crippen LogP contribution >= 0.6 is 22.9 Å². The second-order valence-electron chi connectivity index (χ2n) is 8.47. The Morgan fingerprint density at radius 1 is 1.08 bits per heavy atom. The van der Waals surface area contributed by atoms with E-state index >= 15 is 0 Å². The summed E-state index contributed by atoms with van der Waals surface area (Å²) in [6.07, 6.45) is 1.81. The Hall–Kier alpha value is -3.94. The topological polar surface area (TPSA) is 69.9 Å². The summed E-state index contributed by atoms with van der Waals surface area (Å²) < 4.78 is 13.0. The van der Waals surface area contributed by atoms with E-state index in [1.165, 1.54) is 18.4 Å². The number of thiazole rings is 1. The molecule has 3 aromatic carbocycles. The Labute approximate surface area is 222 Å². The number of benzene rings is 3. The predicted octanol–water partition coefficient (Wildman–Crippen LogP) is 4.64. The van der Waals surface area contributed by atoms with Crippen LogP contribution in [-0.4, -0.2) is 17.6 Å². The molecule has 1 aliphatic heterocycles. The number of ether oxygens (including phenoxy) is 2. The average Bonchev–Trinajstić information content (AvgIpc) is 3.21. The van der Waals surface area contributed by atoms with E-state index in [2.05, 4.69) is 4.99 Å². The van der Waals surface area contributed by atoms with Crippen LogP contribution in [0.4, 0.5) is 0 Å². The lowest BCUT2D eigenvalue weighted by Crippen LogP contribution is -2.39. The normalized spacial score (nSPS) is 15.2. The van der Waals surface area contributed by atoms with E-state index in [1.54, 1.807) is 35.8 Å². The summed E-state index contributed by atoms with van der Waals surface area (Å²) in [4.78, 5) is 31.5. The van der Waals surface area contributed by atoms with Crippen molar-refractivity contribution in [1.29, 1.82) is 0 Å². The number of carbonyl (C=O) groups excluding carboxylic acids is 1. The number of rotatable bonds is 6. The van der Waals surface area contributed by atoms with Crippen molar-refractivity contribution in [2.24, 2.45) is 4.99 Å². The molecule has 8 heteroatoms. The van der Waals surface area contributed by atoms with E-state index in [0.717, 1.165) is 16.7 Å². The number of carbonyl (C=O) groups is 1. The van der Waals surface area contributed by atoms with Crippen molar-refractivity contribution in [2.75, 3.05) is 7.11 Å². The maximum atomic E-state index is 13.7. The predicted molar refractivity (Wildman–Crippen MR) is 144 cm³/mol. The van der Waals surface area contributed by atoms with Gasteiger partial charge in [-0.3, -0.25) is 9.36 Å². The number of allylic oxidation sites excluding steroid dienone is 1. The lowest BCUT2D eigenvalue weighted by atomic mass is 9.96. The van der Waals surface area contributed by atoms with Gasteiger partial charge < -0.3 is 9.47 Å². The van der Waals surface area contributed by atoms with Gasteiger partial charge in [0.2, 0.25) is 0 Å². The van der Waals surface area contributed by atoms with Gasteiger partial charge in [0.15, 0.2) is 4.80 Å². The summed E-state index contributed by atoms with van der Waals surface area (Å²) in [5.74, 6) is 0.173. The molecular weight excluding hydrogens is 508 g/mol. The third-order valence-corrected chi connectivity index (χ3v) is 7.25. The number of nitrogens with zero attached hydrogens (tertiary/aromatic N) is 2. The number of fused-ring (bicyclic) bond motifs is 1.